The van der Waals surface area contributed by atoms with Crippen LogP contribution in [-0.2, 0) is 17.8 Å². The Bertz CT molecular complexity index is 1170. The standard InChI is InChI=1S/C24H23N3OS2/c1-16-11-17(2)23-21(12-16)26-24(30-23)27(15-19-5-4-10-25-14-19)22(28)13-18-6-8-20(29-3)9-7-18/h4-12,14H,13,15H2,1-3H3. The summed E-state index contributed by atoms with van der Waals surface area (Å²) >= 11 is 3.27. The summed E-state index contributed by atoms with van der Waals surface area (Å²) in [4.78, 5) is 25.4. The van der Waals surface area contributed by atoms with E-state index in [4.69, 9.17) is 4.98 Å². The van der Waals surface area contributed by atoms with E-state index in [1.807, 2.05) is 30.5 Å². The van der Waals surface area contributed by atoms with E-state index in [2.05, 4.69) is 43.1 Å². The van der Waals surface area contributed by atoms with E-state index in [-0.39, 0.29) is 5.91 Å². The third-order valence-electron chi connectivity index (χ3n) is 4.92. The van der Waals surface area contributed by atoms with Crippen LogP contribution in [0, 0.1) is 13.8 Å². The van der Waals surface area contributed by atoms with Crippen LogP contribution in [0.4, 0.5) is 5.13 Å². The van der Waals surface area contributed by atoms with E-state index in [9.17, 15) is 4.79 Å². The smallest absolute Gasteiger partial charge is 0.233 e. The predicted octanol–water partition coefficient (Wildman–Crippen LogP) is 5.81. The second-order valence-corrected chi connectivity index (χ2v) is 9.15. The van der Waals surface area contributed by atoms with Crippen molar-refractivity contribution < 1.29 is 4.79 Å². The Morgan fingerprint density at radius 3 is 2.60 bits per heavy atom. The van der Waals surface area contributed by atoms with Gasteiger partial charge in [-0.05, 0) is 66.6 Å². The van der Waals surface area contributed by atoms with E-state index >= 15 is 0 Å². The molecule has 0 saturated carbocycles. The molecule has 4 rings (SSSR count). The molecule has 4 aromatic rings. The first-order valence-electron chi connectivity index (χ1n) is 9.73. The molecule has 0 N–H and O–H groups in total. The van der Waals surface area contributed by atoms with Gasteiger partial charge in [0.1, 0.15) is 0 Å². The Balaban J connectivity index is 1.68. The summed E-state index contributed by atoms with van der Waals surface area (Å²) < 4.78 is 1.13. The number of carbonyl (C=O) groups is 1. The lowest BCUT2D eigenvalue weighted by atomic mass is 10.1. The maximum Gasteiger partial charge on any atom is 0.233 e. The summed E-state index contributed by atoms with van der Waals surface area (Å²) in [7, 11) is 0. The topological polar surface area (TPSA) is 46.1 Å². The lowest BCUT2D eigenvalue weighted by Crippen LogP contribution is -2.31. The van der Waals surface area contributed by atoms with E-state index < -0.39 is 0 Å². The molecule has 0 fully saturated rings. The molecule has 2 aromatic heterocycles. The van der Waals surface area contributed by atoms with Crippen molar-refractivity contribution in [2.75, 3.05) is 11.2 Å². The molecule has 152 valence electrons. The first kappa shape index (κ1) is 20.6. The minimum absolute atomic E-state index is 0.0317. The van der Waals surface area contributed by atoms with Crippen LogP contribution in [0.25, 0.3) is 10.2 Å². The van der Waals surface area contributed by atoms with Crippen LogP contribution in [0.3, 0.4) is 0 Å². The van der Waals surface area contributed by atoms with Crippen molar-refractivity contribution in [1.82, 2.24) is 9.97 Å². The van der Waals surface area contributed by atoms with E-state index in [1.54, 1.807) is 40.4 Å². The van der Waals surface area contributed by atoms with Crippen molar-refractivity contribution in [3.63, 3.8) is 0 Å². The molecule has 1 amide bonds. The molecular weight excluding hydrogens is 410 g/mol. The van der Waals surface area contributed by atoms with Gasteiger partial charge in [0, 0.05) is 17.3 Å². The van der Waals surface area contributed by atoms with E-state index in [0.717, 1.165) is 26.5 Å². The number of rotatable bonds is 6. The maximum absolute atomic E-state index is 13.4. The lowest BCUT2D eigenvalue weighted by molar-refractivity contribution is -0.118. The highest BCUT2D eigenvalue weighted by Gasteiger charge is 2.21. The number of hydrogen-bond donors (Lipinski definition) is 0. The molecule has 4 nitrogen and oxygen atoms in total. The number of anilines is 1. The molecule has 0 aliphatic rings. The van der Waals surface area contributed by atoms with Crippen molar-refractivity contribution in [3.05, 3.63) is 83.2 Å². The molecule has 2 aromatic carbocycles. The SMILES string of the molecule is CSc1ccc(CC(=O)N(Cc2cccnc2)c2nc3cc(C)cc(C)c3s2)cc1. The van der Waals surface area contributed by atoms with Gasteiger partial charge >= 0.3 is 0 Å². The molecule has 0 bridgehead atoms. The van der Waals surface area contributed by atoms with Crippen LogP contribution < -0.4 is 4.90 Å². The molecule has 2 heterocycles. The van der Waals surface area contributed by atoms with Crippen molar-refractivity contribution in [3.8, 4) is 0 Å². The molecule has 30 heavy (non-hydrogen) atoms. The molecule has 6 heteroatoms. The molecule has 0 radical (unpaired) electrons. The molecule has 0 unspecified atom stereocenters. The van der Waals surface area contributed by atoms with Crippen LogP contribution in [-0.4, -0.2) is 22.1 Å². The number of pyridine rings is 1. The second kappa shape index (κ2) is 8.98. The largest absolute Gasteiger partial charge is 0.283 e. The number of hydrogen-bond acceptors (Lipinski definition) is 5. The number of amides is 1. The number of aryl methyl sites for hydroxylation is 2. The van der Waals surface area contributed by atoms with Gasteiger partial charge in [0.2, 0.25) is 5.91 Å². The van der Waals surface area contributed by atoms with Crippen LogP contribution in [0.15, 0.2) is 65.8 Å². The van der Waals surface area contributed by atoms with Crippen LogP contribution in [0.2, 0.25) is 0 Å². The Kier molecular flexibility index (Phi) is 6.16. The van der Waals surface area contributed by atoms with Crippen molar-refractivity contribution >= 4 is 44.4 Å². The van der Waals surface area contributed by atoms with Crippen molar-refractivity contribution in [1.29, 1.82) is 0 Å². The maximum atomic E-state index is 13.4. The fourth-order valence-corrected chi connectivity index (χ4v) is 4.87. The van der Waals surface area contributed by atoms with Gasteiger partial charge in [-0.2, -0.15) is 0 Å². The van der Waals surface area contributed by atoms with Gasteiger partial charge in [-0.3, -0.25) is 14.7 Å². The Labute approximate surface area is 185 Å². The van der Waals surface area contributed by atoms with Gasteiger partial charge in [0.05, 0.1) is 23.2 Å². The fourth-order valence-electron chi connectivity index (χ4n) is 3.43. The zero-order valence-corrected chi connectivity index (χ0v) is 18.9. The number of nitrogens with zero attached hydrogens (tertiary/aromatic N) is 3. The predicted molar refractivity (Wildman–Crippen MR) is 126 cm³/mol. The fraction of sp³-hybridized carbons (Fsp3) is 0.208. The zero-order valence-electron chi connectivity index (χ0n) is 17.3. The van der Waals surface area contributed by atoms with Gasteiger partial charge in [-0.25, -0.2) is 4.98 Å². The van der Waals surface area contributed by atoms with Crippen molar-refractivity contribution in [2.24, 2.45) is 0 Å². The first-order valence-corrected chi connectivity index (χ1v) is 11.8. The Hall–Kier alpha value is -2.70. The molecule has 0 aliphatic carbocycles. The summed E-state index contributed by atoms with van der Waals surface area (Å²) in [6.07, 6.45) is 5.93. The number of carbonyl (C=O) groups excluding carboxylic acids is 1. The summed E-state index contributed by atoms with van der Waals surface area (Å²) in [6.45, 7) is 4.62. The molecule has 0 aliphatic heterocycles. The zero-order chi connectivity index (χ0) is 21.1. The molecule has 0 atom stereocenters. The van der Waals surface area contributed by atoms with E-state index in [0.29, 0.717) is 13.0 Å². The quantitative estimate of drug-likeness (QED) is 0.360. The number of benzene rings is 2. The average Bonchev–Trinajstić information content (AvgIpc) is 3.17. The van der Waals surface area contributed by atoms with E-state index in [1.165, 1.54) is 16.0 Å². The normalized spacial score (nSPS) is 11.0. The Morgan fingerprint density at radius 1 is 1.10 bits per heavy atom. The number of thiazole rings is 1. The molecular formula is C24H23N3OS2. The average molecular weight is 434 g/mol. The van der Waals surface area contributed by atoms with Gasteiger partial charge in [-0.1, -0.05) is 35.6 Å². The highest BCUT2D eigenvalue weighted by molar-refractivity contribution is 7.98. The van der Waals surface area contributed by atoms with Crippen LogP contribution in [0.5, 0.6) is 0 Å². The number of aromatic nitrogens is 2. The molecule has 0 saturated heterocycles. The van der Waals surface area contributed by atoms with Gasteiger partial charge in [-0.15, -0.1) is 11.8 Å². The lowest BCUT2D eigenvalue weighted by Gasteiger charge is -2.20. The summed E-state index contributed by atoms with van der Waals surface area (Å²) in [5.41, 5.74) is 5.30. The number of thioether (sulfide) groups is 1. The highest BCUT2D eigenvalue weighted by Crippen LogP contribution is 2.33. The summed E-state index contributed by atoms with van der Waals surface area (Å²) in [6, 6.07) is 16.3. The third-order valence-corrected chi connectivity index (χ3v) is 6.89. The number of fused-ring (bicyclic) bond motifs is 1. The minimum atomic E-state index is 0.0317. The Morgan fingerprint density at radius 2 is 1.90 bits per heavy atom. The van der Waals surface area contributed by atoms with Crippen LogP contribution >= 0.6 is 23.1 Å². The van der Waals surface area contributed by atoms with Gasteiger partial charge in [0.15, 0.2) is 5.13 Å². The van der Waals surface area contributed by atoms with Crippen molar-refractivity contribution in [2.45, 2.75) is 31.7 Å². The van der Waals surface area contributed by atoms with Gasteiger partial charge in [0.25, 0.3) is 0 Å². The second-order valence-electron chi connectivity index (χ2n) is 7.29. The van der Waals surface area contributed by atoms with Gasteiger partial charge < -0.3 is 0 Å². The highest BCUT2D eigenvalue weighted by atomic mass is 32.2. The third kappa shape index (κ3) is 4.55. The monoisotopic (exact) mass is 433 g/mol. The minimum Gasteiger partial charge on any atom is -0.283 e. The summed E-state index contributed by atoms with van der Waals surface area (Å²) in [5.74, 6) is 0.0317. The first-order chi connectivity index (χ1) is 14.5. The molecule has 0 spiro atoms. The summed E-state index contributed by atoms with van der Waals surface area (Å²) in [5, 5.41) is 0.730. The van der Waals surface area contributed by atoms with Crippen LogP contribution in [0.1, 0.15) is 22.3 Å².